The number of ether oxygens (including phenoxy) is 2. The predicted octanol–water partition coefficient (Wildman–Crippen LogP) is 2.82. The number of nitrogens with zero attached hydrogens (tertiary/aromatic N) is 1. The van der Waals surface area contributed by atoms with Gasteiger partial charge in [0.2, 0.25) is 0 Å². The number of benzene rings is 2. The number of nitrogens with one attached hydrogen (secondary N) is 3. The zero-order valence-corrected chi connectivity index (χ0v) is 17.5. The lowest BCUT2D eigenvalue weighted by molar-refractivity contribution is 0.0846. The molecule has 3 rings (SSSR count). The number of rotatable bonds is 7. The van der Waals surface area contributed by atoms with Crippen molar-refractivity contribution in [3.05, 3.63) is 83.7 Å². The number of methoxy groups -OCH3 is 1. The Morgan fingerprint density at radius 1 is 0.844 bits per heavy atom. The number of aromatic nitrogens is 1. The Morgan fingerprint density at radius 3 is 2.16 bits per heavy atom. The van der Waals surface area contributed by atoms with E-state index in [1.165, 1.54) is 31.5 Å². The SMILES string of the molecule is CCOc1ccc(C(=O)NNC(=O)c2ccc(NC(=O)c3ccccn3)cc2)cc1OC. The molecule has 0 radical (unpaired) electrons. The molecule has 0 fully saturated rings. The van der Waals surface area contributed by atoms with Gasteiger partial charge < -0.3 is 14.8 Å². The molecule has 0 unspecified atom stereocenters. The quantitative estimate of drug-likeness (QED) is 0.492. The van der Waals surface area contributed by atoms with Crippen LogP contribution in [0.5, 0.6) is 11.5 Å². The number of pyridine rings is 1. The second-order valence-corrected chi connectivity index (χ2v) is 6.45. The van der Waals surface area contributed by atoms with Crippen molar-refractivity contribution < 1.29 is 23.9 Å². The largest absolute Gasteiger partial charge is 0.493 e. The van der Waals surface area contributed by atoms with Crippen molar-refractivity contribution in [2.75, 3.05) is 19.0 Å². The predicted molar refractivity (Wildman–Crippen MR) is 118 cm³/mol. The maximum Gasteiger partial charge on any atom is 0.274 e. The summed E-state index contributed by atoms with van der Waals surface area (Å²) in [5.74, 6) is -0.460. The average Bonchev–Trinajstić information content (AvgIpc) is 2.83. The molecule has 9 heteroatoms. The van der Waals surface area contributed by atoms with E-state index >= 15 is 0 Å². The number of hydrazine groups is 1. The zero-order valence-electron chi connectivity index (χ0n) is 17.5. The highest BCUT2D eigenvalue weighted by Gasteiger charge is 2.13. The van der Waals surface area contributed by atoms with Gasteiger partial charge in [-0.25, -0.2) is 0 Å². The van der Waals surface area contributed by atoms with Gasteiger partial charge in [-0.1, -0.05) is 6.07 Å². The first-order valence-electron chi connectivity index (χ1n) is 9.75. The van der Waals surface area contributed by atoms with Crippen LogP contribution in [-0.2, 0) is 0 Å². The van der Waals surface area contributed by atoms with Crippen LogP contribution in [0.4, 0.5) is 5.69 Å². The summed E-state index contributed by atoms with van der Waals surface area (Å²) < 4.78 is 10.6. The molecule has 164 valence electrons. The molecule has 3 amide bonds. The Balaban J connectivity index is 1.57. The van der Waals surface area contributed by atoms with Crippen LogP contribution in [0.3, 0.4) is 0 Å². The first kappa shape index (κ1) is 22.3. The molecule has 0 aliphatic heterocycles. The summed E-state index contributed by atoms with van der Waals surface area (Å²) in [5, 5.41) is 2.70. The van der Waals surface area contributed by atoms with E-state index in [1.807, 2.05) is 6.92 Å². The Bertz CT molecular complexity index is 1100. The summed E-state index contributed by atoms with van der Waals surface area (Å²) in [5.41, 5.74) is 6.08. The lowest BCUT2D eigenvalue weighted by Crippen LogP contribution is -2.41. The molecule has 3 aromatic rings. The lowest BCUT2D eigenvalue weighted by atomic mass is 10.2. The number of hydrogen-bond donors (Lipinski definition) is 3. The maximum absolute atomic E-state index is 12.4. The van der Waals surface area contributed by atoms with E-state index in [2.05, 4.69) is 21.2 Å². The second kappa shape index (κ2) is 10.6. The molecule has 3 N–H and O–H groups in total. The number of anilines is 1. The molecule has 0 bridgehead atoms. The summed E-state index contributed by atoms with van der Waals surface area (Å²) in [6, 6.07) is 15.9. The van der Waals surface area contributed by atoms with Crippen molar-refractivity contribution in [3.8, 4) is 11.5 Å². The molecule has 0 aliphatic rings. The first-order valence-corrected chi connectivity index (χ1v) is 9.75. The first-order chi connectivity index (χ1) is 15.5. The van der Waals surface area contributed by atoms with Gasteiger partial charge in [-0.15, -0.1) is 0 Å². The molecule has 2 aromatic carbocycles. The summed E-state index contributed by atoms with van der Waals surface area (Å²) in [6.45, 7) is 2.31. The highest BCUT2D eigenvalue weighted by Crippen LogP contribution is 2.27. The minimum Gasteiger partial charge on any atom is -0.493 e. The Morgan fingerprint density at radius 2 is 1.53 bits per heavy atom. The standard InChI is InChI=1S/C23H22N4O5/c1-3-32-19-12-9-16(14-20(19)31-2)22(29)27-26-21(28)15-7-10-17(11-8-15)25-23(30)18-6-4-5-13-24-18/h4-14H,3H2,1-2H3,(H,25,30)(H,26,28)(H,27,29). The van der Waals surface area contributed by atoms with E-state index in [0.717, 1.165) is 0 Å². The van der Waals surface area contributed by atoms with E-state index < -0.39 is 11.8 Å². The van der Waals surface area contributed by atoms with Crippen LogP contribution in [0.1, 0.15) is 38.1 Å². The molecule has 0 atom stereocenters. The third-order valence-corrected chi connectivity index (χ3v) is 4.32. The van der Waals surface area contributed by atoms with Crippen molar-refractivity contribution in [1.29, 1.82) is 0 Å². The minimum absolute atomic E-state index is 0.281. The lowest BCUT2D eigenvalue weighted by Gasteiger charge is -2.12. The Kier molecular flexibility index (Phi) is 7.37. The fraction of sp³-hybridized carbons (Fsp3) is 0.130. The van der Waals surface area contributed by atoms with Gasteiger partial charge in [0, 0.05) is 23.0 Å². The van der Waals surface area contributed by atoms with Crippen LogP contribution in [-0.4, -0.2) is 36.4 Å². The minimum atomic E-state index is -0.515. The number of carbonyl (C=O) groups is 3. The summed E-state index contributed by atoms with van der Waals surface area (Å²) >= 11 is 0. The van der Waals surface area contributed by atoms with Crippen molar-refractivity contribution in [3.63, 3.8) is 0 Å². The average molecular weight is 434 g/mol. The topological polar surface area (TPSA) is 119 Å². The smallest absolute Gasteiger partial charge is 0.274 e. The molecule has 32 heavy (non-hydrogen) atoms. The van der Waals surface area contributed by atoms with Crippen LogP contribution in [0, 0.1) is 0 Å². The monoisotopic (exact) mass is 434 g/mol. The highest BCUT2D eigenvalue weighted by molar-refractivity contribution is 6.03. The van der Waals surface area contributed by atoms with Gasteiger partial charge in [0.15, 0.2) is 11.5 Å². The van der Waals surface area contributed by atoms with E-state index in [9.17, 15) is 14.4 Å². The number of amides is 3. The molecular weight excluding hydrogens is 412 g/mol. The van der Waals surface area contributed by atoms with Gasteiger partial charge in [-0.05, 0) is 61.5 Å². The molecule has 0 saturated heterocycles. The molecule has 1 aromatic heterocycles. The van der Waals surface area contributed by atoms with Crippen molar-refractivity contribution in [2.24, 2.45) is 0 Å². The molecule has 9 nitrogen and oxygen atoms in total. The van der Waals surface area contributed by atoms with Gasteiger partial charge in [0.25, 0.3) is 17.7 Å². The van der Waals surface area contributed by atoms with E-state index in [1.54, 1.807) is 42.5 Å². The molecule has 0 aliphatic carbocycles. The van der Waals surface area contributed by atoms with Gasteiger partial charge >= 0.3 is 0 Å². The van der Waals surface area contributed by atoms with E-state index in [0.29, 0.717) is 29.4 Å². The normalized spacial score (nSPS) is 10.1. The van der Waals surface area contributed by atoms with Crippen LogP contribution < -0.4 is 25.6 Å². The molecule has 1 heterocycles. The van der Waals surface area contributed by atoms with Crippen molar-refractivity contribution in [2.45, 2.75) is 6.92 Å². The third-order valence-electron chi connectivity index (χ3n) is 4.32. The summed E-state index contributed by atoms with van der Waals surface area (Å²) in [6.07, 6.45) is 1.53. The van der Waals surface area contributed by atoms with Gasteiger partial charge in [0.05, 0.1) is 13.7 Å². The maximum atomic E-state index is 12.4. The third kappa shape index (κ3) is 5.60. The van der Waals surface area contributed by atoms with Crippen LogP contribution in [0.15, 0.2) is 66.9 Å². The number of carbonyl (C=O) groups excluding carboxylic acids is 3. The Labute approximate surface area is 184 Å². The van der Waals surface area contributed by atoms with Crippen LogP contribution in [0.25, 0.3) is 0 Å². The zero-order chi connectivity index (χ0) is 22.9. The van der Waals surface area contributed by atoms with Crippen LogP contribution in [0.2, 0.25) is 0 Å². The highest BCUT2D eigenvalue weighted by atomic mass is 16.5. The fourth-order valence-corrected chi connectivity index (χ4v) is 2.74. The fourth-order valence-electron chi connectivity index (χ4n) is 2.74. The summed E-state index contributed by atoms with van der Waals surface area (Å²) in [4.78, 5) is 40.8. The second-order valence-electron chi connectivity index (χ2n) is 6.45. The summed E-state index contributed by atoms with van der Waals surface area (Å²) in [7, 11) is 1.48. The van der Waals surface area contributed by atoms with Gasteiger partial charge in [-0.2, -0.15) is 0 Å². The van der Waals surface area contributed by atoms with Gasteiger partial charge in [0.1, 0.15) is 5.69 Å². The van der Waals surface area contributed by atoms with E-state index in [4.69, 9.17) is 9.47 Å². The van der Waals surface area contributed by atoms with Crippen LogP contribution >= 0.6 is 0 Å². The van der Waals surface area contributed by atoms with Gasteiger partial charge in [-0.3, -0.25) is 30.2 Å². The van der Waals surface area contributed by atoms with Crippen molar-refractivity contribution >= 4 is 23.4 Å². The number of hydrogen-bond acceptors (Lipinski definition) is 6. The molecular formula is C23H22N4O5. The molecule has 0 spiro atoms. The van der Waals surface area contributed by atoms with Crippen molar-refractivity contribution in [1.82, 2.24) is 15.8 Å². The van der Waals surface area contributed by atoms with E-state index in [-0.39, 0.29) is 17.2 Å². The molecule has 0 saturated carbocycles. The Hall–Kier alpha value is -4.40.